The predicted molar refractivity (Wildman–Crippen MR) is 168 cm³/mol. The largest absolute Gasteiger partial charge is 0.396 e. The van der Waals surface area contributed by atoms with Gasteiger partial charge in [-0.15, -0.1) is 16.9 Å². The van der Waals surface area contributed by atoms with Crippen molar-refractivity contribution < 1.29 is 19.5 Å². The number of carbonyl (C=O) groups is 3. The van der Waals surface area contributed by atoms with Crippen molar-refractivity contribution in [3.05, 3.63) is 78.9 Å². The van der Waals surface area contributed by atoms with E-state index in [0.717, 1.165) is 36.0 Å². The molecule has 0 bridgehead atoms. The molecule has 44 heavy (non-hydrogen) atoms. The number of rotatable bonds is 9. The summed E-state index contributed by atoms with van der Waals surface area (Å²) in [5.74, 6) is -1.58. The number of unbranched alkanes of at least 4 members (excludes halogenated alkanes) is 3. The maximum absolute atomic E-state index is 14.6. The number of hydrogen-bond donors (Lipinski definition) is 1. The number of carbonyl (C=O) groups excluding carboxylic acids is 3. The lowest BCUT2D eigenvalue weighted by Gasteiger charge is -2.35. The van der Waals surface area contributed by atoms with E-state index < -0.39 is 22.6 Å². The number of benzene rings is 2. The predicted octanol–water partition coefficient (Wildman–Crippen LogP) is 3.24. The van der Waals surface area contributed by atoms with Gasteiger partial charge in [-0.05, 0) is 37.1 Å². The summed E-state index contributed by atoms with van der Waals surface area (Å²) in [5.41, 5.74) is 2.39. The molecule has 7 rings (SSSR count). The van der Waals surface area contributed by atoms with Gasteiger partial charge in [0, 0.05) is 37.2 Å². The van der Waals surface area contributed by atoms with Crippen LogP contribution in [0.4, 0.5) is 5.69 Å². The second-order valence-corrected chi connectivity index (χ2v) is 13.4. The number of nitrogens with zero attached hydrogens (tertiary/aromatic N) is 6. The Morgan fingerprint density at radius 2 is 1.68 bits per heavy atom. The third kappa shape index (κ3) is 4.73. The molecule has 1 unspecified atom stereocenters. The summed E-state index contributed by atoms with van der Waals surface area (Å²) < 4.78 is 0.857. The third-order valence-corrected chi connectivity index (χ3v) is 11.1. The summed E-state index contributed by atoms with van der Waals surface area (Å²) in [6.07, 6.45) is 11.2. The van der Waals surface area contributed by atoms with E-state index in [0.29, 0.717) is 26.1 Å². The smallest absolute Gasteiger partial charge is 0.248 e. The zero-order chi connectivity index (χ0) is 30.3. The highest BCUT2D eigenvalue weighted by Gasteiger charge is 2.71. The summed E-state index contributed by atoms with van der Waals surface area (Å²) in [5, 5.41) is 17.6. The van der Waals surface area contributed by atoms with E-state index in [1.165, 1.54) is 0 Å². The number of likely N-dealkylation sites (tertiary alicyclic amines) is 1. The first-order chi connectivity index (χ1) is 21.5. The SMILES string of the molecule is O=C1C2N(CCCCCCO)C(=O)[C@@H]3[C@H]4C(=O)N(c5ccccc5)CC=C[C@H]4S[C@]23C=CCN1Cn1nnc2ccccc21. The average molecular weight is 613 g/mol. The molecule has 5 atom stereocenters. The normalized spacial score (nSPS) is 27.9. The van der Waals surface area contributed by atoms with E-state index in [1.54, 1.807) is 31.1 Å². The van der Waals surface area contributed by atoms with E-state index in [9.17, 15) is 19.5 Å². The van der Waals surface area contributed by atoms with Gasteiger partial charge in [-0.2, -0.15) is 0 Å². The molecule has 2 aromatic carbocycles. The number of amides is 3. The molecule has 0 radical (unpaired) electrons. The van der Waals surface area contributed by atoms with Gasteiger partial charge < -0.3 is 19.8 Å². The fourth-order valence-corrected chi connectivity index (χ4v) is 9.33. The molecule has 2 fully saturated rings. The molecule has 3 aromatic rings. The van der Waals surface area contributed by atoms with Crippen molar-refractivity contribution in [2.45, 2.75) is 48.4 Å². The highest BCUT2D eigenvalue weighted by atomic mass is 32.2. The molecule has 1 spiro atoms. The van der Waals surface area contributed by atoms with E-state index in [2.05, 4.69) is 22.5 Å². The zero-order valence-electron chi connectivity index (χ0n) is 24.4. The molecule has 228 valence electrons. The van der Waals surface area contributed by atoms with Gasteiger partial charge in [0.2, 0.25) is 17.7 Å². The van der Waals surface area contributed by atoms with Crippen molar-refractivity contribution in [3.63, 3.8) is 0 Å². The third-order valence-electron chi connectivity index (χ3n) is 9.34. The lowest BCUT2D eigenvalue weighted by molar-refractivity contribution is -0.143. The number of aliphatic hydroxyl groups is 1. The Kier molecular flexibility index (Phi) is 7.75. The number of fused-ring (bicyclic) bond motifs is 3. The number of aliphatic hydroxyl groups excluding tert-OH is 1. The molecule has 0 aliphatic carbocycles. The first kappa shape index (κ1) is 28.8. The molecule has 1 aromatic heterocycles. The molecular weight excluding hydrogens is 576 g/mol. The Morgan fingerprint density at radius 3 is 2.52 bits per heavy atom. The summed E-state index contributed by atoms with van der Waals surface area (Å²) in [7, 11) is 0. The van der Waals surface area contributed by atoms with Crippen LogP contribution in [-0.2, 0) is 21.1 Å². The quantitative estimate of drug-likeness (QED) is 0.292. The molecular formula is C33H36N6O4S. The average Bonchev–Trinajstić information content (AvgIpc) is 3.59. The number of hydrogen-bond acceptors (Lipinski definition) is 7. The van der Waals surface area contributed by atoms with Gasteiger partial charge in [-0.1, -0.05) is 72.7 Å². The van der Waals surface area contributed by atoms with E-state index in [-0.39, 0.29) is 36.2 Å². The Bertz CT molecular complexity index is 1620. The highest BCUT2D eigenvalue weighted by Crippen LogP contribution is 2.61. The van der Waals surface area contributed by atoms with E-state index in [1.807, 2.05) is 66.7 Å². The fraction of sp³-hybridized carbons (Fsp3) is 0.424. The van der Waals surface area contributed by atoms with Gasteiger partial charge >= 0.3 is 0 Å². The number of anilines is 1. The van der Waals surface area contributed by atoms with Crippen molar-refractivity contribution in [2.24, 2.45) is 11.8 Å². The lowest BCUT2D eigenvalue weighted by Crippen LogP contribution is -2.53. The van der Waals surface area contributed by atoms with Crippen LogP contribution in [0, 0.1) is 11.8 Å². The Balaban J connectivity index is 1.24. The molecule has 2 saturated heterocycles. The molecule has 1 N–H and O–H groups in total. The van der Waals surface area contributed by atoms with Crippen molar-refractivity contribution >= 4 is 46.2 Å². The van der Waals surface area contributed by atoms with Gasteiger partial charge in [0.25, 0.3) is 0 Å². The highest BCUT2D eigenvalue weighted by molar-refractivity contribution is 8.02. The van der Waals surface area contributed by atoms with Crippen LogP contribution in [0.25, 0.3) is 11.0 Å². The van der Waals surface area contributed by atoms with Gasteiger partial charge in [-0.25, -0.2) is 4.68 Å². The minimum Gasteiger partial charge on any atom is -0.396 e. The second kappa shape index (κ2) is 11.9. The summed E-state index contributed by atoms with van der Waals surface area (Å²) in [6.45, 7) is 1.58. The summed E-state index contributed by atoms with van der Waals surface area (Å²) >= 11 is 1.60. The molecule has 10 nitrogen and oxygen atoms in total. The number of thioether (sulfide) groups is 1. The van der Waals surface area contributed by atoms with Crippen molar-refractivity contribution in [3.8, 4) is 0 Å². The van der Waals surface area contributed by atoms with Crippen molar-refractivity contribution in [1.29, 1.82) is 0 Å². The van der Waals surface area contributed by atoms with Crippen LogP contribution >= 0.6 is 11.8 Å². The van der Waals surface area contributed by atoms with Crippen LogP contribution < -0.4 is 4.90 Å². The Labute approximate surface area is 260 Å². The van der Waals surface area contributed by atoms with Crippen molar-refractivity contribution in [2.75, 3.05) is 31.1 Å². The van der Waals surface area contributed by atoms with Gasteiger partial charge in [0.05, 0.1) is 22.1 Å². The molecule has 3 amide bonds. The fourth-order valence-electron chi connectivity index (χ4n) is 7.32. The minimum absolute atomic E-state index is 0.0755. The summed E-state index contributed by atoms with van der Waals surface area (Å²) in [4.78, 5) is 48.8. The summed E-state index contributed by atoms with van der Waals surface area (Å²) in [6, 6.07) is 16.5. The van der Waals surface area contributed by atoms with Gasteiger partial charge in [0.1, 0.15) is 18.2 Å². The molecule has 0 saturated carbocycles. The monoisotopic (exact) mass is 612 g/mol. The maximum Gasteiger partial charge on any atom is 0.248 e. The molecule has 4 aliphatic heterocycles. The minimum atomic E-state index is -0.868. The van der Waals surface area contributed by atoms with Gasteiger partial charge in [-0.3, -0.25) is 14.4 Å². The number of para-hydroxylation sites is 2. The standard InChI is InChI=1S/C33H36N6O4S/c40-21-9-2-1-8-19-38-29-32(43)36(22-39-25-15-7-6-14-24(25)34-35-39)18-11-17-33(29)28(31(38)42)27-26(44-33)16-10-20-37(30(27)41)23-12-4-3-5-13-23/h3-7,10-17,26-29,40H,1-2,8-9,18-22H2/t26-,27+,28+,29?,33+/m1/s1. The lowest BCUT2D eigenvalue weighted by atomic mass is 9.78. The number of aromatic nitrogens is 3. The van der Waals surface area contributed by atoms with E-state index >= 15 is 0 Å². The second-order valence-electron chi connectivity index (χ2n) is 11.9. The van der Waals surface area contributed by atoms with Crippen LogP contribution in [0.1, 0.15) is 25.7 Å². The molecule has 4 aliphatic rings. The van der Waals surface area contributed by atoms with Crippen LogP contribution in [0.3, 0.4) is 0 Å². The van der Waals surface area contributed by atoms with E-state index in [4.69, 9.17) is 0 Å². The molecule has 11 heteroatoms. The van der Waals surface area contributed by atoms with Crippen LogP contribution in [0.15, 0.2) is 78.9 Å². The topological polar surface area (TPSA) is 112 Å². The molecule has 5 heterocycles. The Hall–Kier alpha value is -3.96. The first-order valence-corrected chi connectivity index (χ1v) is 16.3. The van der Waals surface area contributed by atoms with Crippen LogP contribution in [-0.4, -0.2) is 89.9 Å². The maximum atomic E-state index is 14.6. The first-order valence-electron chi connectivity index (χ1n) is 15.4. The zero-order valence-corrected chi connectivity index (χ0v) is 25.3. The van der Waals surface area contributed by atoms with Crippen LogP contribution in [0.2, 0.25) is 0 Å². The Morgan fingerprint density at radius 1 is 0.886 bits per heavy atom. The van der Waals surface area contributed by atoms with Crippen LogP contribution in [0.5, 0.6) is 0 Å². The van der Waals surface area contributed by atoms with Crippen molar-refractivity contribution in [1.82, 2.24) is 24.8 Å². The van der Waals surface area contributed by atoms with Gasteiger partial charge in [0.15, 0.2) is 0 Å².